The molecule has 0 rings (SSSR count). The summed E-state index contributed by atoms with van der Waals surface area (Å²) in [5, 5.41) is 7.63. The van der Waals surface area contributed by atoms with Gasteiger partial charge in [-0.15, -0.1) is 12.6 Å². The van der Waals surface area contributed by atoms with Gasteiger partial charge in [-0.25, -0.2) is 0 Å². The summed E-state index contributed by atoms with van der Waals surface area (Å²) in [6.07, 6.45) is 0. The molecule has 0 aliphatic rings. The Morgan fingerprint density at radius 2 is 2.25 bits per heavy atom. The molecule has 0 saturated carbocycles. The summed E-state index contributed by atoms with van der Waals surface area (Å²) in [6, 6.07) is -0.816. The standard InChI is InChI=1S/C3H7NO2S.Zn/c4-2(1-5)3(6)7;/h2,5H,1,4H2,(H,6,7);. The largest absolute Gasteiger partial charge is 0.394 e. The molecule has 0 heterocycles. The van der Waals surface area contributed by atoms with Crippen LogP contribution in [-0.2, 0) is 24.3 Å². The molecule has 0 aliphatic heterocycles. The van der Waals surface area contributed by atoms with Crippen LogP contribution < -0.4 is 5.73 Å². The summed E-state index contributed by atoms with van der Waals surface area (Å²) in [7, 11) is 0. The van der Waals surface area contributed by atoms with Crippen LogP contribution in [0.15, 0.2) is 0 Å². The fraction of sp³-hybridized carbons (Fsp3) is 0.667. The number of hydrogen-bond donors (Lipinski definition) is 3. The Hall–Kier alpha value is 0.563. The van der Waals surface area contributed by atoms with Crippen LogP contribution in [0, 0.1) is 0 Å². The number of nitrogens with two attached hydrogens (primary N) is 1. The predicted octanol–water partition coefficient (Wildman–Crippen LogP) is -1.24. The van der Waals surface area contributed by atoms with Crippen LogP contribution in [0.1, 0.15) is 0 Å². The van der Waals surface area contributed by atoms with Crippen LogP contribution in [0.25, 0.3) is 0 Å². The first-order chi connectivity index (χ1) is 3.18. The second kappa shape index (κ2) is 5.70. The van der Waals surface area contributed by atoms with Crippen molar-refractivity contribution in [3.8, 4) is 0 Å². The molecule has 3 nitrogen and oxygen atoms in total. The molecule has 0 bridgehead atoms. The molecule has 0 amide bonds. The molecule has 1 unspecified atom stereocenters. The van der Waals surface area contributed by atoms with E-state index in [0.717, 1.165) is 0 Å². The number of rotatable bonds is 2. The summed E-state index contributed by atoms with van der Waals surface area (Å²) < 4.78 is 0. The molecule has 8 heavy (non-hydrogen) atoms. The van der Waals surface area contributed by atoms with Crippen LogP contribution in [0.2, 0.25) is 0 Å². The van der Waals surface area contributed by atoms with Gasteiger partial charge in [-0.05, 0) is 0 Å². The van der Waals surface area contributed by atoms with Crippen molar-refractivity contribution >= 4 is 17.7 Å². The Labute approximate surface area is 65.8 Å². The molecule has 0 aromatic rings. The van der Waals surface area contributed by atoms with Gasteiger partial charge >= 0.3 is 0 Å². The Morgan fingerprint density at radius 1 is 1.88 bits per heavy atom. The van der Waals surface area contributed by atoms with E-state index >= 15 is 0 Å². The zero-order valence-corrected chi connectivity index (χ0v) is 8.23. The predicted molar refractivity (Wildman–Crippen MR) is 29.1 cm³/mol. The number of aliphatic hydroxyl groups is 1. The van der Waals surface area contributed by atoms with E-state index in [0.29, 0.717) is 0 Å². The Balaban J connectivity index is 0. The van der Waals surface area contributed by atoms with Crippen molar-refractivity contribution in [3.63, 3.8) is 0 Å². The van der Waals surface area contributed by atoms with Gasteiger partial charge in [0.25, 0.3) is 0 Å². The summed E-state index contributed by atoms with van der Waals surface area (Å²) in [5.74, 6) is 0. The van der Waals surface area contributed by atoms with E-state index in [4.69, 9.17) is 10.8 Å². The molecule has 0 fully saturated rings. The van der Waals surface area contributed by atoms with E-state index in [9.17, 15) is 4.79 Å². The molecular formula is C3H7NO2SZn. The first-order valence-corrected chi connectivity index (χ1v) is 2.22. The van der Waals surface area contributed by atoms with Crippen molar-refractivity contribution in [2.75, 3.05) is 6.61 Å². The molecule has 0 aliphatic carbocycles. The monoisotopic (exact) mass is 185 g/mol. The Morgan fingerprint density at radius 3 is 2.25 bits per heavy atom. The van der Waals surface area contributed by atoms with E-state index in [1.165, 1.54) is 0 Å². The van der Waals surface area contributed by atoms with E-state index in [-0.39, 0.29) is 26.1 Å². The third-order valence-corrected chi connectivity index (χ3v) is 0.846. The number of thiol groups is 1. The minimum absolute atomic E-state index is 0. The van der Waals surface area contributed by atoms with Crippen molar-refractivity contribution in [2.24, 2.45) is 5.73 Å². The van der Waals surface area contributed by atoms with Crippen LogP contribution in [0.3, 0.4) is 0 Å². The fourth-order valence-corrected chi connectivity index (χ4v) is 0.160. The fourth-order valence-electron chi connectivity index (χ4n) is 0.0781. The number of hydrogen-bond acceptors (Lipinski definition) is 3. The Bertz CT molecular complexity index is 79.7. The maximum absolute atomic E-state index is 9.95. The summed E-state index contributed by atoms with van der Waals surface area (Å²) in [6.45, 7) is -0.331. The van der Waals surface area contributed by atoms with Gasteiger partial charge in [-0.3, -0.25) is 4.79 Å². The molecule has 0 aromatic carbocycles. The first kappa shape index (κ1) is 11.4. The molecule has 0 saturated heterocycles. The molecule has 0 spiro atoms. The van der Waals surface area contributed by atoms with Crippen molar-refractivity contribution < 1.29 is 29.4 Å². The molecule has 3 N–H and O–H groups in total. The van der Waals surface area contributed by atoms with Crippen molar-refractivity contribution in [1.82, 2.24) is 0 Å². The average molecular weight is 187 g/mol. The van der Waals surface area contributed by atoms with E-state index in [1.807, 2.05) is 0 Å². The second-order valence-corrected chi connectivity index (χ2v) is 1.57. The maximum Gasteiger partial charge on any atom is 0.204 e. The number of carbonyl (C=O) groups is 1. The maximum atomic E-state index is 9.95. The topological polar surface area (TPSA) is 63.3 Å². The number of carbonyl (C=O) groups excluding carboxylic acids is 1. The smallest absolute Gasteiger partial charge is 0.204 e. The summed E-state index contributed by atoms with van der Waals surface area (Å²) >= 11 is 3.35. The molecule has 1 atom stereocenters. The summed E-state index contributed by atoms with van der Waals surface area (Å²) in [5.41, 5.74) is 4.94. The van der Waals surface area contributed by atoms with Gasteiger partial charge < -0.3 is 10.8 Å². The quantitative estimate of drug-likeness (QED) is 0.374. The van der Waals surface area contributed by atoms with Crippen LogP contribution in [0.4, 0.5) is 0 Å². The van der Waals surface area contributed by atoms with Gasteiger partial charge in [0.1, 0.15) is 0 Å². The van der Waals surface area contributed by atoms with Crippen molar-refractivity contribution in [3.05, 3.63) is 0 Å². The van der Waals surface area contributed by atoms with Crippen molar-refractivity contribution in [2.45, 2.75) is 6.04 Å². The first-order valence-electron chi connectivity index (χ1n) is 1.77. The Kier molecular flexibility index (Phi) is 8.10. The minimum Gasteiger partial charge on any atom is -0.394 e. The van der Waals surface area contributed by atoms with Crippen molar-refractivity contribution in [1.29, 1.82) is 0 Å². The second-order valence-electron chi connectivity index (χ2n) is 1.13. The van der Waals surface area contributed by atoms with E-state index in [2.05, 4.69) is 12.6 Å². The van der Waals surface area contributed by atoms with E-state index in [1.54, 1.807) is 0 Å². The van der Waals surface area contributed by atoms with Gasteiger partial charge in [0.2, 0.25) is 5.12 Å². The van der Waals surface area contributed by atoms with Gasteiger partial charge in [0.15, 0.2) is 0 Å². The molecule has 44 valence electrons. The molecule has 0 radical (unpaired) electrons. The third-order valence-electron chi connectivity index (χ3n) is 0.514. The normalized spacial score (nSPS) is 11.9. The molecular weight excluding hydrogens is 179 g/mol. The van der Waals surface area contributed by atoms with Gasteiger partial charge in [0.05, 0.1) is 12.6 Å². The van der Waals surface area contributed by atoms with Crippen LogP contribution >= 0.6 is 12.6 Å². The number of aliphatic hydroxyl groups excluding tert-OH is 1. The third kappa shape index (κ3) is 4.72. The van der Waals surface area contributed by atoms with Crippen LogP contribution in [-0.4, -0.2) is 22.9 Å². The zero-order valence-electron chi connectivity index (χ0n) is 4.37. The molecule has 5 heteroatoms. The minimum atomic E-state index is -0.816. The van der Waals surface area contributed by atoms with Gasteiger partial charge in [-0.1, -0.05) is 0 Å². The average Bonchev–Trinajstić information content (AvgIpc) is 1.65. The summed E-state index contributed by atoms with van der Waals surface area (Å²) in [4.78, 5) is 9.95. The van der Waals surface area contributed by atoms with Gasteiger partial charge in [-0.2, -0.15) is 0 Å². The SMILES string of the molecule is NC(CO)C(=O)S.[Zn]. The van der Waals surface area contributed by atoms with E-state index < -0.39 is 11.2 Å². The van der Waals surface area contributed by atoms with Crippen LogP contribution in [0.5, 0.6) is 0 Å². The molecule has 0 aromatic heterocycles. The van der Waals surface area contributed by atoms with Gasteiger partial charge in [0, 0.05) is 19.5 Å². The zero-order chi connectivity index (χ0) is 5.86.